The molecule has 2 aromatic rings. The molecule has 2 aromatic heterocycles. The number of dihydropyridines is 1. The Bertz CT molecular complexity index is 973. The number of hydrogen-bond donors (Lipinski definition) is 2. The van der Waals surface area contributed by atoms with E-state index in [4.69, 9.17) is 0 Å². The van der Waals surface area contributed by atoms with Crippen LogP contribution >= 0.6 is 11.3 Å². The van der Waals surface area contributed by atoms with E-state index in [0.717, 1.165) is 40.9 Å². The molecule has 1 amide bonds. The Morgan fingerprint density at radius 3 is 2.89 bits per heavy atom. The number of carbonyl (C=O) groups excluding carboxylic acids is 2. The van der Waals surface area contributed by atoms with E-state index in [1.165, 1.54) is 0 Å². The number of amides is 1. The SMILES string of the molecule is CC1=C(C(=O)Nc2cc(C)ccn2)[C@H](c2ccsc2)C2=C(CCCC2=O)N1. The molecule has 0 bridgehead atoms. The summed E-state index contributed by atoms with van der Waals surface area (Å²) in [6.45, 7) is 3.86. The van der Waals surface area contributed by atoms with Gasteiger partial charge >= 0.3 is 0 Å². The molecule has 2 aliphatic rings. The Morgan fingerprint density at radius 2 is 2.15 bits per heavy atom. The molecule has 0 fully saturated rings. The smallest absolute Gasteiger partial charge is 0.255 e. The first-order valence-corrected chi connectivity index (χ1v) is 9.99. The molecule has 0 unspecified atom stereocenters. The van der Waals surface area contributed by atoms with Crippen LogP contribution in [-0.2, 0) is 9.59 Å². The van der Waals surface area contributed by atoms with E-state index in [-0.39, 0.29) is 17.6 Å². The lowest BCUT2D eigenvalue weighted by molar-refractivity contribution is -0.116. The van der Waals surface area contributed by atoms with E-state index >= 15 is 0 Å². The monoisotopic (exact) mass is 379 g/mol. The van der Waals surface area contributed by atoms with Gasteiger partial charge in [-0.05, 0) is 66.8 Å². The minimum Gasteiger partial charge on any atom is -0.362 e. The summed E-state index contributed by atoms with van der Waals surface area (Å²) in [5, 5.41) is 10.2. The first-order valence-electron chi connectivity index (χ1n) is 9.04. The quantitative estimate of drug-likeness (QED) is 0.844. The maximum atomic E-state index is 13.2. The number of pyridine rings is 1. The Labute approximate surface area is 162 Å². The van der Waals surface area contributed by atoms with Crippen molar-refractivity contribution >= 4 is 28.8 Å². The third kappa shape index (κ3) is 3.32. The highest BCUT2D eigenvalue weighted by atomic mass is 32.1. The van der Waals surface area contributed by atoms with E-state index in [1.54, 1.807) is 17.5 Å². The molecule has 6 heteroatoms. The molecule has 1 atom stereocenters. The van der Waals surface area contributed by atoms with Crippen LogP contribution in [0.25, 0.3) is 0 Å². The van der Waals surface area contributed by atoms with E-state index in [2.05, 4.69) is 15.6 Å². The number of thiophene rings is 1. The van der Waals surface area contributed by atoms with Gasteiger partial charge < -0.3 is 10.6 Å². The number of rotatable bonds is 3. The number of allylic oxidation sites excluding steroid dienone is 3. The number of aryl methyl sites for hydroxylation is 1. The molecule has 0 saturated heterocycles. The lowest BCUT2D eigenvalue weighted by Gasteiger charge is -2.34. The van der Waals surface area contributed by atoms with Crippen LogP contribution in [0.3, 0.4) is 0 Å². The van der Waals surface area contributed by atoms with Gasteiger partial charge in [0.2, 0.25) is 0 Å². The van der Waals surface area contributed by atoms with Crippen LogP contribution in [-0.4, -0.2) is 16.7 Å². The summed E-state index contributed by atoms with van der Waals surface area (Å²) in [6.07, 6.45) is 3.90. The molecule has 0 aromatic carbocycles. The molecular formula is C21H21N3O2S. The number of ketones is 1. The molecule has 27 heavy (non-hydrogen) atoms. The zero-order valence-electron chi connectivity index (χ0n) is 15.3. The largest absolute Gasteiger partial charge is 0.362 e. The number of nitrogens with one attached hydrogen (secondary N) is 2. The van der Waals surface area contributed by atoms with Crippen molar-refractivity contribution in [1.82, 2.24) is 10.3 Å². The minimum absolute atomic E-state index is 0.131. The number of Topliss-reactive ketones (excluding diaryl/α,β-unsaturated/α-hetero) is 1. The first kappa shape index (κ1) is 17.7. The molecule has 1 aliphatic heterocycles. The van der Waals surface area contributed by atoms with Gasteiger partial charge in [0.1, 0.15) is 5.82 Å². The van der Waals surface area contributed by atoms with Crippen molar-refractivity contribution in [3.8, 4) is 0 Å². The van der Waals surface area contributed by atoms with Crippen LogP contribution in [0.2, 0.25) is 0 Å². The third-order valence-electron chi connectivity index (χ3n) is 5.05. The standard InChI is InChI=1S/C21H21N3O2S/c1-12-6-8-22-17(10-12)24-21(26)18-13(2)23-15-4-3-5-16(25)20(15)19(18)14-7-9-27-11-14/h6-11,19,23H,3-5H2,1-2H3,(H,22,24,26)/t19-/m0/s1. The second kappa shape index (κ2) is 7.12. The summed E-state index contributed by atoms with van der Waals surface area (Å²) in [5.41, 5.74) is 5.11. The van der Waals surface area contributed by atoms with Crippen molar-refractivity contribution in [3.63, 3.8) is 0 Å². The fraction of sp³-hybridized carbons (Fsp3) is 0.286. The number of aromatic nitrogens is 1. The van der Waals surface area contributed by atoms with Crippen LogP contribution in [0, 0.1) is 6.92 Å². The average molecular weight is 379 g/mol. The molecule has 1 aliphatic carbocycles. The lowest BCUT2D eigenvalue weighted by atomic mass is 9.75. The molecule has 0 spiro atoms. The molecule has 0 radical (unpaired) electrons. The summed E-state index contributed by atoms with van der Waals surface area (Å²) in [5.74, 6) is 0.0925. The van der Waals surface area contributed by atoms with Gasteiger partial charge in [-0.1, -0.05) is 0 Å². The normalized spacial score (nSPS) is 19.6. The van der Waals surface area contributed by atoms with Gasteiger partial charge in [-0.15, -0.1) is 0 Å². The lowest BCUT2D eigenvalue weighted by Crippen LogP contribution is -2.35. The van der Waals surface area contributed by atoms with Gasteiger partial charge in [0.15, 0.2) is 5.78 Å². The van der Waals surface area contributed by atoms with Crippen LogP contribution in [0.15, 0.2) is 57.7 Å². The van der Waals surface area contributed by atoms with Gasteiger partial charge in [-0.25, -0.2) is 4.98 Å². The second-order valence-electron chi connectivity index (χ2n) is 6.99. The average Bonchev–Trinajstić information content (AvgIpc) is 3.15. The van der Waals surface area contributed by atoms with Crippen LogP contribution in [0.1, 0.15) is 43.2 Å². The molecule has 0 saturated carbocycles. The highest BCUT2D eigenvalue weighted by molar-refractivity contribution is 7.08. The maximum Gasteiger partial charge on any atom is 0.255 e. The first-order chi connectivity index (χ1) is 13.0. The summed E-state index contributed by atoms with van der Waals surface area (Å²) in [4.78, 5) is 30.2. The topological polar surface area (TPSA) is 71.1 Å². The number of anilines is 1. The van der Waals surface area contributed by atoms with Crippen molar-refractivity contribution in [1.29, 1.82) is 0 Å². The maximum absolute atomic E-state index is 13.2. The summed E-state index contributed by atoms with van der Waals surface area (Å²) < 4.78 is 0. The van der Waals surface area contributed by atoms with Gasteiger partial charge in [-0.2, -0.15) is 11.3 Å². The summed E-state index contributed by atoms with van der Waals surface area (Å²) in [6, 6.07) is 5.72. The molecule has 2 N–H and O–H groups in total. The second-order valence-corrected chi connectivity index (χ2v) is 7.77. The molecular weight excluding hydrogens is 358 g/mol. The predicted molar refractivity (Wildman–Crippen MR) is 106 cm³/mol. The van der Waals surface area contributed by atoms with E-state index in [9.17, 15) is 9.59 Å². The highest BCUT2D eigenvalue weighted by Crippen LogP contribution is 2.42. The Kier molecular flexibility index (Phi) is 4.66. The van der Waals surface area contributed by atoms with Crippen LogP contribution < -0.4 is 10.6 Å². The Balaban J connectivity index is 1.75. The van der Waals surface area contributed by atoms with Crippen molar-refractivity contribution in [2.24, 2.45) is 0 Å². The van der Waals surface area contributed by atoms with Crippen LogP contribution in [0.4, 0.5) is 5.82 Å². The third-order valence-corrected chi connectivity index (χ3v) is 5.76. The highest BCUT2D eigenvalue weighted by Gasteiger charge is 2.38. The van der Waals surface area contributed by atoms with E-state index < -0.39 is 0 Å². The van der Waals surface area contributed by atoms with Crippen LogP contribution in [0.5, 0.6) is 0 Å². The molecule has 3 heterocycles. The van der Waals surface area contributed by atoms with Gasteiger partial charge in [-0.3, -0.25) is 9.59 Å². The zero-order chi connectivity index (χ0) is 19.0. The molecule has 4 rings (SSSR count). The van der Waals surface area contributed by atoms with Crippen molar-refractivity contribution in [2.75, 3.05) is 5.32 Å². The molecule has 138 valence electrons. The fourth-order valence-electron chi connectivity index (χ4n) is 3.85. The van der Waals surface area contributed by atoms with Gasteiger partial charge in [0.05, 0.1) is 0 Å². The summed E-state index contributed by atoms with van der Waals surface area (Å²) >= 11 is 1.57. The summed E-state index contributed by atoms with van der Waals surface area (Å²) in [7, 11) is 0. The Hall–Kier alpha value is -2.73. The fourth-order valence-corrected chi connectivity index (χ4v) is 4.53. The number of hydrogen-bond acceptors (Lipinski definition) is 5. The van der Waals surface area contributed by atoms with Gasteiger partial charge in [0.25, 0.3) is 5.91 Å². The van der Waals surface area contributed by atoms with Crippen molar-refractivity contribution < 1.29 is 9.59 Å². The van der Waals surface area contributed by atoms with Crippen molar-refractivity contribution in [2.45, 2.75) is 39.0 Å². The molecule has 5 nitrogen and oxygen atoms in total. The van der Waals surface area contributed by atoms with Crippen molar-refractivity contribution in [3.05, 3.63) is 68.8 Å². The Morgan fingerprint density at radius 1 is 1.30 bits per heavy atom. The number of carbonyl (C=O) groups is 2. The zero-order valence-corrected chi connectivity index (χ0v) is 16.2. The van der Waals surface area contributed by atoms with Gasteiger partial charge in [0, 0.05) is 41.1 Å². The van der Waals surface area contributed by atoms with E-state index in [0.29, 0.717) is 17.8 Å². The predicted octanol–water partition coefficient (Wildman–Crippen LogP) is 4.06. The minimum atomic E-state index is -0.329. The van der Waals surface area contributed by atoms with E-state index in [1.807, 2.05) is 42.8 Å². The number of nitrogens with zero attached hydrogens (tertiary/aromatic N) is 1.